The summed E-state index contributed by atoms with van der Waals surface area (Å²) in [7, 11) is 0. The molecule has 1 amide bonds. The van der Waals surface area contributed by atoms with E-state index < -0.39 is 5.60 Å². The van der Waals surface area contributed by atoms with Gasteiger partial charge in [0.1, 0.15) is 5.60 Å². The number of carbonyl (C=O) groups excluding carboxylic acids is 1. The quantitative estimate of drug-likeness (QED) is 0.890. The van der Waals surface area contributed by atoms with Crippen LogP contribution in [0.3, 0.4) is 0 Å². The van der Waals surface area contributed by atoms with E-state index in [2.05, 4.69) is 22.5 Å². The van der Waals surface area contributed by atoms with E-state index in [1.165, 1.54) is 0 Å². The van der Waals surface area contributed by atoms with Gasteiger partial charge < -0.3 is 15.4 Å². The van der Waals surface area contributed by atoms with Crippen LogP contribution in [0.2, 0.25) is 0 Å². The first-order valence-corrected chi connectivity index (χ1v) is 8.50. The van der Waals surface area contributed by atoms with Gasteiger partial charge in [-0.3, -0.25) is 4.98 Å². The summed E-state index contributed by atoms with van der Waals surface area (Å²) in [5.41, 5.74) is 0.627. The SMILES string of the molecule is C[C@@H](NC1CCC(NC(=O)OC(C)(C)C)CC1)c1ccccn1. The number of rotatable bonds is 4. The minimum Gasteiger partial charge on any atom is -0.444 e. The number of aromatic nitrogens is 1. The van der Waals surface area contributed by atoms with E-state index in [9.17, 15) is 4.79 Å². The molecule has 1 aromatic rings. The lowest BCUT2D eigenvalue weighted by atomic mass is 9.90. The minimum atomic E-state index is -0.443. The maximum absolute atomic E-state index is 11.8. The molecule has 5 nitrogen and oxygen atoms in total. The molecule has 1 fully saturated rings. The first kappa shape index (κ1) is 17.7. The molecule has 1 heterocycles. The van der Waals surface area contributed by atoms with Crippen LogP contribution in [0.1, 0.15) is 65.1 Å². The van der Waals surface area contributed by atoms with Gasteiger partial charge in [-0.15, -0.1) is 0 Å². The van der Waals surface area contributed by atoms with E-state index in [0.29, 0.717) is 6.04 Å². The standard InChI is InChI=1S/C18H29N3O2/c1-13(16-7-5-6-12-19-16)20-14-8-10-15(11-9-14)21-17(22)23-18(2,3)4/h5-7,12-15,20H,8-11H2,1-4H3,(H,21,22)/t13-,14?,15?/m1/s1. The fourth-order valence-corrected chi connectivity index (χ4v) is 2.95. The number of hydrogen-bond acceptors (Lipinski definition) is 4. The molecule has 0 radical (unpaired) electrons. The Labute approximate surface area is 139 Å². The molecule has 2 rings (SSSR count). The smallest absolute Gasteiger partial charge is 0.407 e. The van der Waals surface area contributed by atoms with Crippen molar-refractivity contribution >= 4 is 6.09 Å². The largest absolute Gasteiger partial charge is 0.444 e. The van der Waals surface area contributed by atoms with Gasteiger partial charge in [0.05, 0.1) is 5.69 Å². The molecule has 1 atom stereocenters. The lowest BCUT2D eigenvalue weighted by molar-refractivity contribution is 0.0489. The Bertz CT molecular complexity index is 491. The van der Waals surface area contributed by atoms with Gasteiger partial charge in [-0.05, 0) is 65.5 Å². The van der Waals surface area contributed by atoms with Crippen LogP contribution in [-0.4, -0.2) is 28.8 Å². The number of ether oxygens (including phenoxy) is 1. The molecule has 0 aliphatic heterocycles. The van der Waals surface area contributed by atoms with Crippen molar-refractivity contribution < 1.29 is 9.53 Å². The zero-order valence-corrected chi connectivity index (χ0v) is 14.6. The number of alkyl carbamates (subject to hydrolysis) is 1. The molecule has 1 aromatic heterocycles. The highest BCUT2D eigenvalue weighted by molar-refractivity contribution is 5.68. The van der Waals surface area contributed by atoms with Crippen molar-refractivity contribution in [2.45, 2.75) is 77.1 Å². The third-order valence-electron chi connectivity index (χ3n) is 4.07. The molecular weight excluding hydrogens is 290 g/mol. The number of carbonyl (C=O) groups is 1. The monoisotopic (exact) mass is 319 g/mol. The third kappa shape index (κ3) is 6.18. The van der Waals surface area contributed by atoms with E-state index >= 15 is 0 Å². The zero-order chi connectivity index (χ0) is 16.9. The van der Waals surface area contributed by atoms with E-state index in [1.54, 1.807) is 0 Å². The highest BCUT2D eigenvalue weighted by Gasteiger charge is 2.25. The molecular formula is C18H29N3O2. The van der Waals surface area contributed by atoms with Gasteiger partial charge in [-0.2, -0.15) is 0 Å². The lowest BCUT2D eigenvalue weighted by Crippen LogP contribution is -2.44. The van der Waals surface area contributed by atoms with Gasteiger partial charge >= 0.3 is 6.09 Å². The number of hydrogen-bond donors (Lipinski definition) is 2. The van der Waals surface area contributed by atoms with Gasteiger partial charge in [0, 0.05) is 24.3 Å². The van der Waals surface area contributed by atoms with Crippen molar-refractivity contribution in [2.75, 3.05) is 0 Å². The molecule has 128 valence electrons. The highest BCUT2D eigenvalue weighted by Crippen LogP contribution is 2.22. The van der Waals surface area contributed by atoms with Crippen LogP contribution >= 0.6 is 0 Å². The Morgan fingerprint density at radius 2 is 1.87 bits per heavy atom. The van der Waals surface area contributed by atoms with Gasteiger partial charge in [0.2, 0.25) is 0 Å². The molecule has 0 aromatic carbocycles. The normalized spacial score (nSPS) is 23.1. The first-order chi connectivity index (χ1) is 10.8. The van der Waals surface area contributed by atoms with Gasteiger partial charge in [-0.25, -0.2) is 4.79 Å². The highest BCUT2D eigenvalue weighted by atomic mass is 16.6. The molecule has 1 saturated carbocycles. The molecule has 0 unspecified atom stereocenters. The Kier molecular flexibility index (Phi) is 5.99. The van der Waals surface area contributed by atoms with Crippen LogP contribution in [0.15, 0.2) is 24.4 Å². The van der Waals surface area contributed by atoms with Gasteiger partial charge in [0.25, 0.3) is 0 Å². The van der Waals surface area contributed by atoms with E-state index in [-0.39, 0.29) is 18.2 Å². The summed E-state index contributed by atoms with van der Waals surface area (Å²) in [6.45, 7) is 7.79. The second-order valence-corrected chi connectivity index (χ2v) is 7.34. The average Bonchev–Trinajstić information content (AvgIpc) is 2.48. The van der Waals surface area contributed by atoms with Crippen LogP contribution in [0.5, 0.6) is 0 Å². The zero-order valence-electron chi connectivity index (χ0n) is 14.6. The van der Waals surface area contributed by atoms with E-state index in [4.69, 9.17) is 4.74 Å². The summed E-state index contributed by atoms with van der Waals surface area (Å²) in [4.78, 5) is 16.2. The number of pyridine rings is 1. The maximum atomic E-state index is 11.8. The summed E-state index contributed by atoms with van der Waals surface area (Å²) in [5.74, 6) is 0. The first-order valence-electron chi connectivity index (χ1n) is 8.50. The Morgan fingerprint density at radius 1 is 1.22 bits per heavy atom. The lowest BCUT2D eigenvalue weighted by Gasteiger charge is -2.32. The Balaban J connectivity index is 1.73. The summed E-state index contributed by atoms with van der Waals surface area (Å²) in [5, 5.41) is 6.62. The van der Waals surface area contributed by atoms with Crippen LogP contribution < -0.4 is 10.6 Å². The number of nitrogens with zero attached hydrogens (tertiary/aromatic N) is 1. The van der Waals surface area contributed by atoms with Crippen LogP contribution in [0.4, 0.5) is 4.79 Å². The Morgan fingerprint density at radius 3 is 2.43 bits per heavy atom. The molecule has 2 N–H and O–H groups in total. The van der Waals surface area contributed by atoms with Crippen molar-refractivity contribution in [1.82, 2.24) is 15.6 Å². The van der Waals surface area contributed by atoms with Crippen LogP contribution in [-0.2, 0) is 4.74 Å². The fraction of sp³-hybridized carbons (Fsp3) is 0.667. The topological polar surface area (TPSA) is 63.2 Å². The van der Waals surface area contributed by atoms with Gasteiger partial charge in [-0.1, -0.05) is 6.07 Å². The van der Waals surface area contributed by atoms with Crippen molar-refractivity contribution in [3.63, 3.8) is 0 Å². The van der Waals surface area contributed by atoms with Crippen molar-refractivity contribution in [3.8, 4) is 0 Å². The molecule has 1 aliphatic rings. The Hall–Kier alpha value is -1.62. The summed E-state index contributed by atoms with van der Waals surface area (Å²) in [6, 6.07) is 6.94. The summed E-state index contributed by atoms with van der Waals surface area (Å²) >= 11 is 0. The molecule has 23 heavy (non-hydrogen) atoms. The summed E-state index contributed by atoms with van der Waals surface area (Å²) in [6.07, 6.45) is 5.58. The van der Waals surface area contributed by atoms with Gasteiger partial charge in [0.15, 0.2) is 0 Å². The molecule has 1 aliphatic carbocycles. The molecule has 0 saturated heterocycles. The van der Waals surface area contributed by atoms with E-state index in [1.807, 2.05) is 45.2 Å². The third-order valence-corrected chi connectivity index (χ3v) is 4.07. The molecule has 0 spiro atoms. The minimum absolute atomic E-state index is 0.216. The maximum Gasteiger partial charge on any atom is 0.407 e. The summed E-state index contributed by atoms with van der Waals surface area (Å²) < 4.78 is 5.32. The van der Waals surface area contributed by atoms with Crippen molar-refractivity contribution in [3.05, 3.63) is 30.1 Å². The van der Waals surface area contributed by atoms with Crippen molar-refractivity contribution in [1.29, 1.82) is 0 Å². The van der Waals surface area contributed by atoms with Crippen LogP contribution in [0.25, 0.3) is 0 Å². The van der Waals surface area contributed by atoms with Crippen molar-refractivity contribution in [2.24, 2.45) is 0 Å². The predicted octanol–water partition coefficient (Wildman–Crippen LogP) is 3.57. The number of amides is 1. The second-order valence-electron chi connectivity index (χ2n) is 7.34. The predicted molar refractivity (Wildman–Crippen MR) is 91.2 cm³/mol. The second kappa shape index (κ2) is 7.77. The van der Waals surface area contributed by atoms with Crippen LogP contribution in [0, 0.1) is 0 Å². The fourth-order valence-electron chi connectivity index (χ4n) is 2.95. The number of nitrogens with one attached hydrogen (secondary N) is 2. The molecule has 5 heteroatoms. The average molecular weight is 319 g/mol. The molecule has 0 bridgehead atoms. The van der Waals surface area contributed by atoms with E-state index in [0.717, 1.165) is 31.4 Å².